The van der Waals surface area contributed by atoms with Gasteiger partial charge >= 0.3 is 5.97 Å². The number of hydrogen-bond acceptors (Lipinski definition) is 4. The quantitative estimate of drug-likeness (QED) is 0.615. The van der Waals surface area contributed by atoms with Crippen LogP contribution in [0, 0.1) is 11.8 Å². The van der Waals surface area contributed by atoms with Crippen molar-refractivity contribution in [2.75, 3.05) is 13.2 Å². The first kappa shape index (κ1) is 12.8. The fourth-order valence-corrected chi connectivity index (χ4v) is 2.44. The molecule has 2 aliphatic rings. The lowest BCUT2D eigenvalue weighted by Crippen LogP contribution is -2.33. The summed E-state index contributed by atoms with van der Waals surface area (Å²) in [6.07, 6.45) is 0.867. The fraction of sp³-hybridized carbons (Fsp3) is 0.400. The number of amides is 2. The molecule has 1 aromatic rings. The summed E-state index contributed by atoms with van der Waals surface area (Å²) < 4.78 is 5.11. The summed E-state index contributed by atoms with van der Waals surface area (Å²) in [5, 5.41) is 0. The van der Waals surface area contributed by atoms with E-state index in [1.807, 2.05) is 6.92 Å². The van der Waals surface area contributed by atoms with Crippen molar-refractivity contribution < 1.29 is 19.1 Å². The van der Waals surface area contributed by atoms with Crippen LogP contribution in [0.2, 0.25) is 0 Å². The van der Waals surface area contributed by atoms with Gasteiger partial charge in [-0.1, -0.05) is 19.1 Å². The molecule has 0 aromatic heterocycles. The van der Waals surface area contributed by atoms with E-state index in [2.05, 4.69) is 0 Å². The summed E-state index contributed by atoms with van der Waals surface area (Å²) in [5.74, 6) is -0.476. The number of benzene rings is 1. The highest BCUT2D eigenvalue weighted by Crippen LogP contribution is 2.38. The lowest BCUT2D eigenvalue weighted by Gasteiger charge is -2.13. The molecule has 1 heterocycles. The van der Waals surface area contributed by atoms with Crippen LogP contribution >= 0.6 is 0 Å². The molecular formula is C15H15NO4. The molecule has 2 atom stereocenters. The van der Waals surface area contributed by atoms with E-state index in [-0.39, 0.29) is 36.9 Å². The molecule has 0 bridgehead atoms. The maximum absolute atomic E-state index is 12.0. The van der Waals surface area contributed by atoms with Crippen molar-refractivity contribution in [1.29, 1.82) is 0 Å². The topological polar surface area (TPSA) is 63.7 Å². The van der Waals surface area contributed by atoms with Crippen LogP contribution < -0.4 is 0 Å². The van der Waals surface area contributed by atoms with E-state index in [1.54, 1.807) is 24.3 Å². The number of esters is 1. The zero-order valence-corrected chi connectivity index (χ0v) is 11.2. The van der Waals surface area contributed by atoms with E-state index in [0.717, 1.165) is 11.3 Å². The molecule has 3 rings (SSSR count). The highest BCUT2D eigenvalue weighted by Gasteiger charge is 2.41. The largest absolute Gasteiger partial charge is 0.464 e. The van der Waals surface area contributed by atoms with Gasteiger partial charge < -0.3 is 4.74 Å². The number of rotatable bonds is 4. The zero-order chi connectivity index (χ0) is 14.3. The molecule has 1 saturated carbocycles. The summed E-state index contributed by atoms with van der Waals surface area (Å²) >= 11 is 0. The molecule has 2 amide bonds. The van der Waals surface area contributed by atoms with Crippen molar-refractivity contribution in [1.82, 2.24) is 4.90 Å². The van der Waals surface area contributed by atoms with Gasteiger partial charge in [-0.2, -0.15) is 0 Å². The van der Waals surface area contributed by atoms with Crippen LogP contribution in [0.15, 0.2) is 24.3 Å². The third-order valence-corrected chi connectivity index (χ3v) is 3.85. The summed E-state index contributed by atoms with van der Waals surface area (Å²) in [6, 6.07) is 6.71. The van der Waals surface area contributed by atoms with Crippen molar-refractivity contribution >= 4 is 17.8 Å². The number of fused-ring (bicyclic) bond motifs is 1. The van der Waals surface area contributed by atoms with Gasteiger partial charge in [-0.3, -0.25) is 19.3 Å². The molecule has 0 unspecified atom stereocenters. The number of ether oxygens (including phenoxy) is 1. The van der Waals surface area contributed by atoms with E-state index in [4.69, 9.17) is 4.74 Å². The minimum atomic E-state index is -0.318. The Hall–Kier alpha value is -2.17. The van der Waals surface area contributed by atoms with Crippen LogP contribution in [-0.4, -0.2) is 35.8 Å². The highest BCUT2D eigenvalue weighted by atomic mass is 16.5. The van der Waals surface area contributed by atoms with Crippen molar-refractivity contribution in [2.24, 2.45) is 11.8 Å². The molecule has 5 heteroatoms. The SMILES string of the molecule is C[C@@H]1C[C@@H]1C(=O)OCCN1C(=O)c2ccccc2C1=O. The predicted molar refractivity (Wildman–Crippen MR) is 70.0 cm³/mol. The van der Waals surface area contributed by atoms with Gasteiger partial charge in [-0.25, -0.2) is 0 Å². The Balaban J connectivity index is 1.58. The summed E-state index contributed by atoms with van der Waals surface area (Å²) in [4.78, 5) is 36.8. The van der Waals surface area contributed by atoms with Gasteiger partial charge in [-0.05, 0) is 24.5 Å². The smallest absolute Gasteiger partial charge is 0.309 e. The van der Waals surface area contributed by atoms with Crippen LogP contribution in [0.25, 0.3) is 0 Å². The van der Waals surface area contributed by atoms with Gasteiger partial charge in [0.2, 0.25) is 0 Å². The predicted octanol–water partition coefficient (Wildman–Crippen LogP) is 1.48. The van der Waals surface area contributed by atoms with Gasteiger partial charge in [0.25, 0.3) is 11.8 Å². The Morgan fingerprint density at radius 3 is 2.30 bits per heavy atom. The van der Waals surface area contributed by atoms with Crippen molar-refractivity contribution in [3.63, 3.8) is 0 Å². The Labute approximate surface area is 116 Å². The Kier molecular flexibility index (Phi) is 3.04. The van der Waals surface area contributed by atoms with E-state index in [1.165, 1.54) is 0 Å². The Bertz CT molecular complexity index is 560. The minimum absolute atomic E-state index is 0.00261. The van der Waals surface area contributed by atoms with Crippen LogP contribution in [0.4, 0.5) is 0 Å². The van der Waals surface area contributed by atoms with Crippen LogP contribution in [-0.2, 0) is 9.53 Å². The maximum atomic E-state index is 12.0. The van der Waals surface area contributed by atoms with E-state index in [0.29, 0.717) is 17.0 Å². The zero-order valence-electron chi connectivity index (χ0n) is 11.2. The monoisotopic (exact) mass is 273 g/mol. The molecule has 0 N–H and O–H groups in total. The number of imide groups is 1. The average Bonchev–Trinajstić information content (AvgIpc) is 3.14. The molecule has 104 valence electrons. The van der Waals surface area contributed by atoms with Gasteiger partial charge in [0, 0.05) is 0 Å². The minimum Gasteiger partial charge on any atom is -0.464 e. The number of hydrogen-bond donors (Lipinski definition) is 0. The highest BCUT2D eigenvalue weighted by molar-refractivity contribution is 6.21. The summed E-state index contributed by atoms with van der Waals surface area (Å²) in [5.41, 5.74) is 0.833. The van der Waals surface area contributed by atoms with Crippen molar-refractivity contribution in [3.05, 3.63) is 35.4 Å². The van der Waals surface area contributed by atoms with Crippen LogP contribution in [0.1, 0.15) is 34.1 Å². The standard InChI is InChI=1S/C15H15NO4/c1-9-8-12(9)15(19)20-7-6-16-13(17)10-4-2-3-5-11(10)14(16)18/h2-5,9,12H,6-8H2,1H3/t9-,12+/m1/s1. The first-order valence-electron chi connectivity index (χ1n) is 6.71. The first-order valence-corrected chi connectivity index (χ1v) is 6.71. The Morgan fingerprint density at radius 1 is 1.25 bits per heavy atom. The van der Waals surface area contributed by atoms with Crippen LogP contribution in [0.5, 0.6) is 0 Å². The Morgan fingerprint density at radius 2 is 1.80 bits per heavy atom. The number of carbonyl (C=O) groups excluding carboxylic acids is 3. The van der Waals surface area contributed by atoms with Gasteiger partial charge in [0.1, 0.15) is 6.61 Å². The average molecular weight is 273 g/mol. The normalized spacial score (nSPS) is 23.8. The molecular weight excluding hydrogens is 258 g/mol. The summed E-state index contributed by atoms with van der Waals surface area (Å²) in [6.45, 7) is 2.17. The lowest BCUT2D eigenvalue weighted by atomic mass is 10.1. The molecule has 0 radical (unpaired) electrons. The summed E-state index contributed by atoms with van der Waals surface area (Å²) in [7, 11) is 0. The second kappa shape index (κ2) is 4.74. The van der Waals surface area contributed by atoms with E-state index >= 15 is 0 Å². The number of carbonyl (C=O) groups is 3. The fourth-order valence-electron chi connectivity index (χ4n) is 2.44. The molecule has 5 nitrogen and oxygen atoms in total. The van der Waals surface area contributed by atoms with Crippen molar-refractivity contribution in [3.8, 4) is 0 Å². The lowest BCUT2D eigenvalue weighted by molar-refractivity contribution is -0.145. The molecule has 1 aliphatic heterocycles. The maximum Gasteiger partial charge on any atom is 0.309 e. The van der Waals surface area contributed by atoms with Gasteiger partial charge in [0.15, 0.2) is 0 Å². The van der Waals surface area contributed by atoms with Gasteiger partial charge in [-0.15, -0.1) is 0 Å². The molecule has 0 spiro atoms. The molecule has 1 aromatic carbocycles. The van der Waals surface area contributed by atoms with E-state index < -0.39 is 0 Å². The molecule has 1 aliphatic carbocycles. The van der Waals surface area contributed by atoms with Gasteiger partial charge in [0.05, 0.1) is 23.6 Å². The molecule has 20 heavy (non-hydrogen) atoms. The third kappa shape index (κ3) is 2.09. The number of nitrogens with zero attached hydrogens (tertiary/aromatic N) is 1. The first-order chi connectivity index (χ1) is 9.59. The van der Waals surface area contributed by atoms with Crippen molar-refractivity contribution in [2.45, 2.75) is 13.3 Å². The molecule has 1 fully saturated rings. The second-order valence-corrected chi connectivity index (χ2v) is 5.29. The van der Waals surface area contributed by atoms with Crippen LogP contribution in [0.3, 0.4) is 0 Å². The third-order valence-electron chi connectivity index (χ3n) is 3.85. The second-order valence-electron chi connectivity index (χ2n) is 5.29. The van der Waals surface area contributed by atoms with E-state index in [9.17, 15) is 14.4 Å². The molecule has 0 saturated heterocycles.